The largest absolute Gasteiger partial charge is 0.352 e. The first-order chi connectivity index (χ1) is 12.9. The first-order valence-corrected chi connectivity index (χ1v) is 9.58. The van der Waals surface area contributed by atoms with Crippen molar-refractivity contribution in [2.24, 2.45) is 5.92 Å². The second kappa shape index (κ2) is 9.91. The Bertz CT molecular complexity index is 739. The number of carbonyl (C=O) groups is 2. The van der Waals surface area contributed by atoms with Crippen LogP contribution in [0.2, 0.25) is 0 Å². The van der Waals surface area contributed by atoms with Gasteiger partial charge in [0.25, 0.3) is 5.91 Å². The van der Waals surface area contributed by atoms with E-state index >= 15 is 0 Å². The van der Waals surface area contributed by atoms with Crippen molar-refractivity contribution in [2.45, 2.75) is 52.6 Å². The molecule has 2 amide bonds. The Kier molecular flexibility index (Phi) is 7.59. The molecule has 0 radical (unpaired) electrons. The summed E-state index contributed by atoms with van der Waals surface area (Å²) in [5.41, 5.74) is 2.92. The van der Waals surface area contributed by atoms with Crippen molar-refractivity contribution in [3.05, 3.63) is 71.3 Å². The summed E-state index contributed by atoms with van der Waals surface area (Å²) >= 11 is 0. The van der Waals surface area contributed by atoms with Gasteiger partial charge >= 0.3 is 0 Å². The molecule has 0 aliphatic heterocycles. The van der Waals surface area contributed by atoms with Crippen LogP contribution in [0.15, 0.2) is 54.6 Å². The van der Waals surface area contributed by atoms with Gasteiger partial charge in [-0.3, -0.25) is 9.59 Å². The molecule has 4 heteroatoms. The van der Waals surface area contributed by atoms with Gasteiger partial charge in [0.2, 0.25) is 5.91 Å². The molecule has 0 saturated heterocycles. The van der Waals surface area contributed by atoms with Crippen molar-refractivity contribution in [3.8, 4) is 0 Å². The fourth-order valence-corrected chi connectivity index (χ4v) is 2.90. The number of nitrogens with one attached hydrogen (secondary N) is 2. The lowest BCUT2D eigenvalue weighted by molar-refractivity contribution is -0.124. The van der Waals surface area contributed by atoms with Crippen molar-refractivity contribution in [1.82, 2.24) is 10.6 Å². The van der Waals surface area contributed by atoms with Crippen LogP contribution in [0.4, 0.5) is 0 Å². The van der Waals surface area contributed by atoms with E-state index < -0.39 is 6.04 Å². The van der Waals surface area contributed by atoms with E-state index in [0.29, 0.717) is 5.56 Å². The number of amides is 2. The lowest BCUT2D eigenvalue weighted by Crippen LogP contribution is -2.51. The summed E-state index contributed by atoms with van der Waals surface area (Å²) in [6.07, 6.45) is 1.76. The number of hydrogen-bond acceptors (Lipinski definition) is 2. The van der Waals surface area contributed by atoms with Gasteiger partial charge in [-0.25, -0.2) is 0 Å². The zero-order chi connectivity index (χ0) is 19.8. The van der Waals surface area contributed by atoms with Crippen LogP contribution in [0.5, 0.6) is 0 Å². The standard InChI is InChI=1S/C23H30N2O2/c1-16(2)21(25-22(26)20-14-10-17(3)11-15-20)23(27)24-18(4)12-13-19-8-6-5-7-9-19/h5-11,14-16,18,21H,12-13H2,1-4H3,(H,24,27)(H,25,26)/t18?,21-/m0/s1. The van der Waals surface area contributed by atoms with Crippen molar-refractivity contribution in [1.29, 1.82) is 0 Å². The third-order valence-corrected chi connectivity index (χ3v) is 4.65. The minimum Gasteiger partial charge on any atom is -0.352 e. The summed E-state index contributed by atoms with van der Waals surface area (Å²) in [4.78, 5) is 25.2. The van der Waals surface area contributed by atoms with E-state index in [4.69, 9.17) is 0 Å². The van der Waals surface area contributed by atoms with Crippen LogP contribution < -0.4 is 10.6 Å². The molecular weight excluding hydrogens is 336 g/mol. The summed E-state index contributed by atoms with van der Waals surface area (Å²) in [5, 5.41) is 5.92. The second-order valence-corrected chi connectivity index (χ2v) is 7.50. The van der Waals surface area contributed by atoms with Gasteiger partial charge in [-0.05, 0) is 50.3 Å². The summed E-state index contributed by atoms with van der Waals surface area (Å²) in [6.45, 7) is 7.85. The van der Waals surface area contributed by atoms with Gasteiger partial charge in [0.05, 0.1) is 0 Å². The van der Waals surface area contributed by atoms with Gasteiger partial charge < -0.3 is 10.6 Å². The topological polar surface area (TPSA) is 58.2 Å². The molecular formula is C23H30N2O2. The van der Waals surface area contributed by atoms with Gasteiger partial charge in [0.1, 0.15) is 6.04 Å². The van der Waals surface area contributed by atoms with Crippen molar-refractivity contribution in [3.63, 3.8) is 0 Å². The lowest BCUT2D eigenvalue weighted by atomic mass is 10.0. The summed E-state index contributed by atoms with van der Waals surface area (Å²) in [7, 11) is 0. The minimum absolute atomic E-state index is 0.000668. The second-order valence-electron chi connectivity index (χ2n) is 7.50. The van der Waals surface area contributed by atoms with Crippen molar-refractivity contribution in [2.75, 3.05) is 0 Å². The first kappa shape index (κ1) is 20.7. The zero-order valence-corrected chi connectivity index (χ0v) is 16.7. The van der Waals surface area contributed by atoms with Gasteiger partial charge in [0.15, 0.2) is 0 Å². The minimum atomic E-state index is -0.557. The SMILES string of the molecule is Cc1ccc(C(=O)N[C@H](C(=O)NC(C)CCc2ccccc2)C(C)C)cc1. The average molecular weight is 367 g/mol. The van der Waals surface area contributed by atoms with Crippen molar-refractivity contribution < 1.29 is 9.59 Å². The number of rotatable bonds is 8. The molecule has 144 valence electrons. The molecule has 0 spiro atoms. The molecule has 0 aliphatic carbocycles. The number of aryl methyl sites for hydroxylation is 2. The third-order valence-electron chi connectivity index (χ3n) is 4.65. The van der Waals surface area contributed by atoms with Crippen LogP contribution in [0.25, 0.3) is 0 Å². The average Bonchev–Trinajstić information content (AvgIpc) is 2.65. The normalized spacial score (nSPS) is 13.1. The molecule has 2 atom stereocenters. The molecule has 2 rings (SSSR count). The number of carbonyl (C=O) groups excluding carboxylic acids is 2. The highest BCUT2D eigenvalue weighted by molar-refractivity contribution is 5.97. The molecule has 27 heavy (non-hydrogen) atoms. The molecule has 4 nitrogen and oxygen atoms in total. The molecule has 0 fully saturated rings. The van der Waals surface area contributed by atoms with E-state index in [-0.39, 0.29) is 23.8 Å². The molecule has 1 unspecified atom stereocenters. The summed E-state index contributed by atoms with van der Waals surface area (Å²) in [5.74, 6) is -0.354. The van der Waals surface area contributed by atoms with Crippen LogP contribution in [0.3, 0.4) is 0 Å². The molecule has 0 aliphatic rings. The molecule has 2 aromatic rings. The van der Waals surface area contributed by atoms with Crippen molar-refractivity contribution >= 4 is 11.8 Å². The van der Waals surface area contributed by atoms with E-state index in [1.165, 1.54) is 5.56 Å². The fraction of sp³-hybridized carbons (Fsp3) is 0.391. The molecule has 2 N–H and O–H groups in total. The first-order valence-electron chi connectivity index (χ1n) is 9.58. The van der Waals surface area contributed by atoms with Gasteiger partial charge in [0, 0.05) is 11.6 Å². The van der Waals surface area contributed by atoms with E-state index in [1.54, 1.807) is 12.1 Å². The maximum atomic E-state index is 12.7. The van der Waals surface area contributed by atoms with E-state index in [0.717, 1.165) is 18.4 Å². The Balaban J connectivity index is 1.91. The molecule has 2 aromatic carbocycles. The number of benzene rings is 2. The monoisotopic (exact) mass is 366 g/mol. The van der Waals surface area contributed by atoms with E-state index in [9.17, 15) is 9.59 Å². The molecule has 0 heterocycles. The number of hydrogen-bond donors (Lipinski definition) is 2. The summed E-state index contributed by atoms with van der Waals surface area (Å²) < 4.78 is 0. The highest BCUT2D eigenvalue weighted by Gasteiger charge is 2.25. The molecule has 0 aromatic heterocycles. The smallest absolute Gasteiger partial charge is 0.251 e. The highest BCUT2D eigenvalue weighted by Crippen LogP contribution is 2.09. The van der Waals surface area contributed by atoms with Gasteiger partial charge in [-0.1, -0.05) is 61.9 Å². The van der Waals surface area contributed by atoms with Gasteiger partial charge in [-0.2, -0.15) is 0 Å². The lowest BCUT2D eigenvalue weighted by Gasteiger charge is -2.24. The molecule has 0 saturated carbocycles. The molecule has 0 bridgehead atoms. The Morgan fingerprint density at radius 2 is 1.52 bits per heavy atom. The Labute approximate surface area is 162 Å². The predicted molar refractivity (Wildman–Crippen MR) is 110 cm³/mol. The highest BCUT2D eigenvalue weighted by atomic mass is 16.2. The maximum Gasteiger partial charge on any atom is 0.251 e. The van der Waals surface area contributed by atoms with E-state index in [2.05, 4.69) is 22.8 Å². The Morgan fingerprint density at radius 3 is 2.11 bits per heavy atom. The van der Waals surface area contributed by atoms with Crippen LogP contribution in [-0.4, -0.2) is 23.9 Å². The van der Waals surface area contributed by atoms with Crippen LogP contribution >= 0.6 is 0 Å². The zero-order valence-electron chi connectivity index (χ0n) is 16.7. The summed E-state index contributed by atoms with van der Waals surface area (Å²) in [6, 6.07) is 17.1. The quantitative estimate of drug-likeness (QED) is 0.745. The van der Waals surface area contributed by atoms with E-state index in [1.807, 2.05) is 58.0 Å². The van der Waals surface area contributed by atoms with Gasteiger partial charge in [-0.15, -0.1) is 0 Å². The van der Waals surface area contributed by atoms with Crippen LogP contribution in [-0.2, 0) is 11.2 Å². The fourth-order valence-electron chi connectivity index (χ4n) is 2.90. The maximum absolute atomic E-state index is 12.7. The van der Waals surface area contributed by atoms with Crippen LogP contribution in [0, 0.1) is 12.8 Å². The predicted octanol–water partition coefficient (Wildman–Crippen LogP) is 3.89. The third kappa shape index (κ3) is 6.55. The Hall–Kier alpha value is -2.62. The van der Waals surface area contributed by atoms with Crippen LogP contribution in [0.1, 0.15) is 48.7 Å². The Morgan fingerprint density at radius 1 is 0.889 bits per heavy atom.